The van der Waals surface area contributed by atoms with Gasteiger partial charge in [0.1, 0.15) is 18.5 Å². The number of nitriles is 1. The Morgan fingerprint density at radius 1 is 1.27 bits per heavy atom. The molecule has 0 saturated heterocycles. The van der Waals surface area contributed by atoms with E-state index in [-0.39, 0.29) is 24.6 Å². The lowest BCUT2D eigenvalue weighted by atomic mass is 10.3. The zero-order valence-corrected chi connectivity index (χ0v) is 13.3. The average molecular weight is 366 g/mol. The number of nitrogens with one attached hydrogen (secondary N) is 1. The molecule has 0 aromatic carbocycles. The number of nitrogens with zero attached hydrogens (tertiary/aromatic N) is 3. The molecule has 0 bridgehead atoms. The zero-order chi connectivity index (χ0) is 19.0. The van der Waals surface area contributed by atoms with E-state index in [1.54, 1.807) is 12.1 Å². The lowest BCUT2D eigenvalue weighted by molar-refractivity contribution is -0.154. The van der Waals surface area contributed by atoms with Crippen LogP contribution in [0.25, 0.3) is 0 Å². The molecule has 2 aromatic heterocycles. The SMILES string of the molecule is N#Cc1cccnc1NCCOC(=O)c1ccc(OCC(F)(F)F)nc1. The number of hydrogen-bond donors (Lipinski definition) is 1. The van der Waals surface area contributed by atoms with Gasteiger partial charge in [0, 0.05) is 18.5 Å². The zero-order valence-electron chi connectivity index (χ0n) is 13.3. The van der Waals surface area contributed by atoms with Gasteiger partial charge in [0.25, 0.3) is 0 Å². The minimum atomic E-state index is -4.47. The minimum Gasteiger partial charge on any atom is -0.468 e. The van der Waals surface area contributed by atoms with Gasteiger partial charge >= 0.3 is 12.1 Å². The van der Waals surface area contributed by atoms with Crippen LogP contribution in [0.5, 0.6) is 5.88 Å². The van der Waals surface area contributed by atoms with Crippen molar-refractivity contribution >= 4 is 11.8 Å². The Morgan fingerprint density at radius 3 is 2.73 bits per heavy atom. The summed E-state index contributed by atoms with van der Waals surface area (Å²) in [6.45, 7) is -1.25. The summed E-state index contributed by atoms with van der Waals surface area (Å²) in [6, 6.07) is 7.59. The molecule has 1 N–H and O–H groups in total. The lowest BCUT2D eigenvalue weighted by Crippen LogP contribution is -2.19. The molecule has 10 heteroatoms. The largest absolute Gasteiger partial charge is 0.468 e. The lowest BCUT2D eigenvalue weighted by Gasteiger charge is -2.09. The summed E-state index contributed by atoms with van der Waals surface area (Å²) in [5.41, 5.74) is 0.428. The molecule has 0 aliphatic carbocycles. The molecular formula is C16H13F3N4O3. The number of rotatable bonds is 7. The molecule has 2 aromatic rings. The van der Waals surface area contributed by atoms with E-state index in [9.17, 15) is 18.0 Å². The van der Waals surface area contributed by atoms with Crippen LogP contribution >= 0.6 is 0 Å². The number of aromatic nitrogens is 2. The third kappa shape index (κ3) is 5.94. The van der Waals surface area contributed by atoms with Gasteiger partial charge in [-0.2, -0.15) is 18.4 Å². The highest BCUT2D eigenvalue weighted by atomic mass is 19.4. The van der Waals surface area contributed by atoms with Gasteiger partial charge < -0.3 is 14.8 Å². The summed E-state index contributed by atoms with van der Waals surface area (Å²) in [7, 11) is 0. The van der Waals surface area contributed by atoms with Crippen LogP contribution in [0.3, 0.4) is 0 Å². The van der Waals surface area contributed by atoms with Gasteiger partial charge in [-0.1, -0.05) is 0 Å². The maximum Gasteiger partial charge on any atom is 0.422 e. The standard InChI is InChI=1S/C16H13F3N4O3/c17-16(18,19)10-26-13-4-3-12(9-23-13)15(24)25-7-6-22-14-11(8-20)2-1-5-21-14/h1-5,9H,6-7,10H2,(H,21,22). The Labute approximate surface area is 146 Å². The van der Waals surface area contributed by atoms with E-state index in [1.165, 1.54) is 12.3 Å². The fraction of sp³-hybridized carbons (Fsp3) is 0.250. The molecule has 0 radical (unpaired) electrons. The minimum absolute atomic E-state index is 0.00734. The molecule has 0 saturated carbocycles. The van der Waals surface area contributed by atoms with Gasteiger partial charge in [-0.05, 0) is 18.2 Å². The van der Waals surface area contributed by atoms with Crippen molar-refractivity contribution in [2.24, 2.45) is 0 Å². The molecule has 0 atom stereocenters. The predicted molar refractivity (Wildman–Crippen MR) is 83.5 cm³/mol. The number of hydrogen-bond acceptors (Lipinski definition) is 7. The first kappa shape index (κ1) is 19.0. The van der Waals surface area contributed by atoms with Crippen molar-refractivity contribution in [3.05, 3.63) is 47.8 Å². The number of pyridine rings is 2. The van der Waals surface area contributed by atoms with Crippen molar-refractivity contribution < 1.29 is 27.4 Å². The van der Waals surface area contributed by atoms with Crippen molar-refractivity contribution in [1.82, 2.24) is 9.97 Å². The van der Waals surface area contributed by atoms with Gasteiger partial charge in [0.2, 0.25) is 5.88 Å². The van der Waals surface area contributed by atoms with Crippen LogP contribution in [0.15, 0.2) is 36.7 Å². The number of carbonyl (C=O) groups is 1. The molecule has 26 heavy (non-hydrogen) atoms. The summed E-state index contributed by atoms with van der Waals surface area (Å²) in [5.74, 6) is -0.568. The normalized spacial score (nSPS) is 10.7. The van der Waals surface area contributed by atoms with Crippen molar-refractivity contribution in [3.8, 4) is 11.9 Å². The van der Waals surface area contributed by atoms with Crippen LogP contribution in [-0.4, -0.2) is 41.9 Å². The van der Waals surface area contributed by atoms with Gasteiger partial charge in [-0.25, -0.2) is 14.8 Å². The molecule has 2 rings (SSSR count). The smallest absolute Gasteiger partial charge is 0.422 e. The van der Waals surface area contributed by atoms with Gasteiger partial charge in [-0.15, -0.1) is 0 Å². The molecule has 7 nitrogen and oxygen atoms in total. The molecule has 0 aliphatic rings. The van der Waals surface area contributed by atoms with Crippen LogP contribution in [-0.2, 0) is 4.74 Å². The van der Waals surface area contributed by atoms with E-state index in [0.29, 0.717) is 11.4 Å². The van der Waals surface area contributed by atoms with Gasteiger partial charge in [0.05, 0.1) is 17.7 Å². The van der Waals surface area contributed by atoms with E-state index in [2.05, 4.69) is 20.0 Å². The van der Waals surface area contributed by atoms with Crippen molar-refractivity contribution in [1.29, 1.82) is 5.26 Å². The van der Waals surface area contributed by atoms with E-state index >= 15 is 0 Å². The quantitative estimate of drug-likeness (QED) is 0.594. The molecule has 136 valence electrons. The molecule has 0 unspecified atom stereocenters. The third-order valence-electron chi connectivity index (χ3n) is 2.91. The van der Waals surface area contributed by atoms with E-state index in [1.807, 2.05) is 6.07 Å². The van der Waals surface area contributed by atoms with Gasteiger partial charge in [0.15, 0.2) is 6.61 Å². The Bertz CT molecular complexity index is 789. The summed E-state index contributed by atoms with van der Waals surface area (Å²) >= 11 is 0. The van der Waals surface area contributed by atoms with Crippen molar-refractivity contribution in [2.75, 3.05) is 25.1 Å². The van der Waals surface area contributed by atoms with Crippen LogP contribution < -0.4 is 10.1 Å². The number of anilines is 1. The number of carbonyl (C=O) groups excluding carboxylic acids is 1. The highest BCUT2D eigenvalue weighted by Crippen LogP contribution is 2.17. The Morgan fingerprint density at radius 2 is 2.08 bits per heavy atom. The molecule has 0 aliphatic heterocycles. The Kier molecular flexibility index (Phi) is 6.32. The fourth-order valence-electron chi connectivity index (χ4n) is 1.78. The molecule has 0 fully saturated rings. The number of halogens is 3. The molecule has 0 amide bonds. The maximum atomic E-state index is 12.0. The highest BCUT2D eigenvalue weighted by Gasteiger charge is 2.28. The van der Waals surface area contributed by atoms with Gasteiger partial charge in [-0.3, -0.25) is 0 Å². The number of esters is 1. The summed E-state index contributed by atoms with van der Waals surface area (Å²) in [6.07, 6.45) is -1.89. The number of alkyl halides is 3. The Balaban J connectivity index is 1.78. The van der Waals surface area contributed by atoms with Crippen LogP contribution in [0, 0.1) is 11.3 Å². The topological polar surface area (TPSA) is 97.1 Å². The summed E-state index contributed by atoms with van der Waals surface area (Å²) in [4.78, 5) is 19.4. The third-order valence-corrected chi connectivity index (χ3v) is 2.91. The summed E-state index contributed by atoms with van der Waals surface area (Å²) in [5, 5.41) is 11.8. The molecule has 0 spiro atoms. The molecular weight excluding hydrogens is 353 g/mol. The Hall–Kier alpha value is -3.35. The van der Waals surface area contributed by atoms with Crippen LogP contribution in [0.4, 0.5) is 19.0 Å². The van der Waals surface area contributed by atoms with Crippen LogP contribution in [0.1, 0.15) is 15.9 Å². The van der Waals surface area contributed by atoms with Crippen molar-refractivity contribution in [2.45, 2.75) is 6.18 Å². The second kappa shape index (κ2) is 8.66. The second-order valence-corrected chi connectivity index (χ2v) is 4.86. The first-order valence-corrected chi connectivity index (χ1v) is 7.31. The fourth-order valence-corrected chi connectivity index (χ4v) is 1.78. The molecule has 2 heterocycles. The van der Waals surface area contributed by atoms with E-state index in [0.717, 1.165) is 12.3 Å². The van der Waals surface area contributed by atoms with Crippen LogP contribution in [0.2, 0.25) is 0 Å². The first-order chi connectivity index (χ1) is 12.4. The first-order valence-electron chi connectivity index (χ1n) is 7.31. The maximum absolute atomic E-state index is 12.0. The summed E-state index contributed by atoms with van der Waals surface area (Å²) < 4.78 is 45.6. The second-order valence-electron chi connectivity index (χ2n) is 4.86. The monoisotopic (exact) mass is 366 g/mol. The average Bonchev–Trinajstić information content (AvgIpc) is 2.63. The predicted octanol–water partition coefficient (Wildman–Crippen LogP) is 2.56. The van der Waals surface area contributed by atoms with E-state index in [4.69, 9.17) is 10.00 Å². The van der Waals surface area contributed by atoms with E-state index < -0.39 is 18.8 Å². The highest BCUT2D eigenvalue weighted by molar-refractivity contribution is 5.89. The van der Waals surface area contributed by atoms with Crippen molar-refractivity contribution in [3.63, 3.8) is 0 Å². The number of ether oxygens (including phenoxy) is 2.